The van der Waals surface area contributed by atoms with Crippen molar-refractivity contribution in [2.24, 2.45) is 17.8 Å². The van der Waals surface area contributed by atoms with Gasteiger partial charge in [0.2, 0.25) is 0 Å². The van der Waals surface area contributed by atoms with Gasteiger partial charge in [-0.15, -0.1) is 0 Å². The molecule has 2 rings (SSSR count). The van der Waals surface area contributed by atoms with Crippen LogP contribution in [0.5, 0.6) is 0 Å². The molecule has 0 heterocycles. The van der Waals surface area contributed by atoms with Crippen LogP contribution in [-0.2, 0) is 14.1 Å². The monoisotopic (exact) mass is 407 g/mol. The summed E-state index contributed by atoms with van der Waals surface area (Å²) in [6.45, 7) is 10.6. The first-order valence-corrected chi connectivity index (χ1v) is 10.8. The molecule has 0 spiro atoms. The Morgan fingerprint density at radius 1 is 1.04 bits per heavy atom. The van der Waals surface area contributed by atoms with Gasteiger partial charge in [0.1, 0.15) is 5.92 Å². The molecule has 0 aromatic heterocycles. The summed E-state index contributed by atoms with van der Waals surface area (Å²) in [6.07, 6.45) is 6.11. The number of carbonyl (C=O) groups excluding carboxylic acids is 2. The van der Waals surface area contributed by atoms with Crippen molar-refractivity contribution in [3.05, 3.63) is 34.4 Å². The molecule has 2 atom stereocenters. The molecule has 5 heteroatoms. The van der Waals surface area contributed by atoms with Gasteiger partial charge in [0.15, 0.2) is 5.78 Å². The van der Waals surface area contributed by atoms with E-state index in [2.05, 4.69) is 13.8 Å². The molecule has 156 valence electrons. The lowest BCUT2D eigenvalue weighted by Gasteiger charge is -2.29. The first-order valence-electron chi connectivity index (χ1n) is 10.3. The van der Waals surface area contributed by atoms with Gasteiger partial charge in [0, 0.05) is 5.56 Å². The Morgan fingerprint density at radius 2 is 1.57 bits per heavy atom. The predicted octanol–water partition coefficient (Wildman–Crippen LogP) is 5.79. The Hall–Kier alpha value is -1.54. The third-order valence-electron chi connectivity index (χ3n) is 5.52. The van der Waals surface area contributed by atoms with E-state index in [9.17, 15) is 9.59 Å². The van der Waals surface area contributed by atoms with Gasteiger partial charge in [-0.25, -0.2) is 0 Å². The molecular weight excluding hydrogens is 371 g/mol. The molecule has 0 aliphatic heterocycles. The summed E-state index contributed by atoms with van der Waals surface area (Å²) in [7, 11) is 1.17. The van der Waals surface area contributed by atoms with Gasteiger partial charge in [0.25, 0.3) is 0 Å². The Kier molecular flexibility index (Phi) is 10.6. The Morgan fingerprint density at radius 3 is 2.07 bits per heavy atom. The molecule has 0 N–H and O–H groups in total. The Balaban J connectivity index is 0.00000190. The van der Waals surface area contributed by atoms with Crippen LogP contribution in [0.25, 0.3) is 0 Å². The molecule has 2 unspecified atom stereocenters. The quantitative estimate of drug-likeness (QED) is 0.248. The van der Waals surface area contributed by atoms with Gasteiger partial charge in [-0.1, -0.05) is 55.4 Å². The van der Waals surface area contributed by atoms with Crippen LogP contribution < -0.4 is 0 Å². The average molecular weight is 408 g/mol. The fourth-order valence-electron chi connectivity index (χ4n) is 4.19. The van der Waals surface area contributed by atoms with Crippen molar-refractivity contribution in [1.29, 1.82) is 0 Å². The predicted molar refractivity (Wildman–Crippen MR) is 116 cm³/mol. The highest BCUT2D eigenvalue weighted by molar-refractivity contribution is 7.00. The number of carbonyl (C=O) groups is 2. The molecule has 1 aliphatic carbocycles. The molecule has 0 radical (unpaired) electrons. The molecule has 1 saturated carbocycles. The van der Waals surface area contributed by atoms with Crippen LogP contribution in [0.3, 0.4) is 0 Å². The zero-order valence-corrected chi connectivity index (χ0v) is 19.2. The highest BCUT2D eigenvalue weighted by Crippen LogP contribution is 2.34. The van der Waals surface area contributed by atoms with E-state index in [-0.39, 0.29) is 17.7 Å². The number of ether oxygens (including phenoxy) is 1. The second kappa shape index (κ2) is 12.1. The van der Waals surface area contributed by atoms with E-state index in [1.807, 2.05) is 32.9 Å². The zero-order valence-electron chi connectivity index (χ0n) is 18.0. The lowest BCUT2D eigenvalue weighted by Crippen LogP contribution is -2.35. The van der Waals surface area contributed by atoms with Gasteiger partial charge >= 0.3 is 15.1 Å². The second-order valence-electron chi connectivity index (χ2n) is 8.36. The summed E-state index contributed by atoms with van der Waals surface area (Å²) >= 11 is 0. The minimum absolute atomic E-state index is 0.0403. The van der Waals surface area contributed by atoms with Crippen LogP contribution in [0.2, 0.25) is 0 Å². The Bertz CT molecular complexity index is 640. The van der Waals surface area contributed by atoms with Crippen molar-refractivity contribution in [3.8, 4) is 0 Å². The molecular formula is C23H36O4P+. The van der Waals surface area contributed by atoms with Crippen molar-refractivity contribution in [2.75, 3.05) is 6.61 Å². The van der Waals surface area contributed by atoms with Crippen LogP contribution in [-0.4, -0.2) is 18.4 Å². The van der Waals surface area contributed by atoms with Crippen molar-refractivity contribution < 1.29 is 18.9 Å². The van der Waals surface area contributed by atoms with Gasteiger partial charge in [-0.3, -0.25) is 9.59 Å². The Labute approximate surface area is 172 Å². The maximum atomic E-state index is 13.4. The number of aryl methyl sites for hydroxylation is 3. The van der Waals surface area contributed by atoms with Crippen LogP contribution in [0, 0.1) is 38.5 Å². The highest BCUT2D eigenvalue weighted by Gasteiger charge is 2.38. The number of esters is 1. The highest BCUT2D eigenvalue weighted by atomic mass is 31.0. The van der Waals surface area contributed by atoms with Crippen molar-refractivity contribution in [3.63, 3.8) is 0 Å². The van der Waals surface area contributed by atoms with E-state index >= 15 is 0 Å². The van der Waals surface area contributed by atoms with Gasteiger partial charge in [0.05, 0.1) is 6.61 Å². The van der Waals surface area contributed by atoms with E-state index in [1.165, 1.54) is 15.5 Å². The van der Waals surface area contributed by atoms with Gasteiger partial charge in [-0.2, -0.15) is 0 Å². The van der Waals surface area contributed by atoms with Crippen LogP contribution in [0.4, 0.5) is 0 Å². The van der Waals surface area contributed by atoms with Gasteiger partial charge in [-0.05, 0) is 63.0 Å². The molecule has 1 aliphatic rings. The van der Waals surface area contributed by atoms with E-state index in [0.29, 0.717) is 18.1 Å². The SMILES string of the molecule is Cc1cc(C)c(C(=O)C(C(=O)OCCC(C)C)C2CCCCC2)c(C)c1.O=[PH2+]. The average Bonchev–Trinajstić information content (AvgIpc) is 2.63. The van der Waals surface area contributed by atoms with E-state index in [4.69, 9.17) is 9.30 Å². The number of benzene rings is 1. The maximum Gasteiger partial charge on any atom is 0.317 e. The van der Waals surface area contributed by atoms with Crippen molar-refractivity contribution in [1.82, 2.24) is 0 Å². The summed E-state index contributed by atoms with van der Waals surface area (Å²) < 4.78 is 13.7. The van der Waals surface area contributed by atoms with Crippen LogP contribution in [0.1, 0.15) is 79.4 Å². The fourth-order valence-corrected chi connectivity index (χ4v) is 4.19. The third-order valence-corrected chi connectivity index (χ3v) is 5.52. The molecule has 0 saturated heterocycles. The molecule has 4 nitrogen and oxygen atoms in total. The first kappa shape index (κ1) is 24.5. The minimum Gasteiger partial charge on any atom is -0.465 e. The van der Waals surface area contributed by atoms with Gasteiger partial charge < -0.3 is 4.74 Å². The molecule has 0 bridgehead atoms. The zero-order chi connectivity index (χ0) is 21.3. The minimum atomic E-state index is -0.650. The lowest BCUT2D eigenvalue weighted by molar-refractivity contribution is -0.149. The largest absolute Gasteiger partial charge is 0.465 e. The number of hydrogen-bond acceptors (Lipinski definition) is 4. The maximum absolute atomic E-state index is 13.4. The van der Waals surface area contributed by atoms with E-state index in [1.54, 1.807) is 0 Å². The first-order chi connectivity index (χ1) is 13.3. The van der Waals surface area contributed by atoms with E-state index in [0.717, 1.165) is 48.8 Å². The summed E-state index contributed by atoms with van der Waals surface area (Å²) in [4.78, 5) is 26.3. The fraction of sp³-hybridized carbons (Fsp3) is 0.652. The number of hydrogen-bond donors (Lipinski definition) is 0. The number of ketones is 1. The summed E-state index contributed by atoms with van der Waals surface area (Å²) in [5.74, 6) is -0.415. The molecule has 1 aromatic rings. The normalized spacial score (nSPS) is 15.5. The van der Waals surface area contributed by atoms with Crippen LogP contribution >= 0.6 is 9.12 Å². The smallest absolute Gasteiger partial charge is 0.317 e. The summed E-state index contributed by atoms with van der Waals surface area (Å²) in [6, 6.07) is 4.06. The molecule has 1 aromatic carbocycles. The molecule has 0 amide bonds. The lowest BCUT2D eigenvalue weighted by atomic mass is 9.75. The standard InChI is InChI=1S/C23H34O3.H2OP/c1-15(2)11-12-26-23(25)21(19-9-7-6-8-10-19)22(24)20-17(4)13-16(3)14-18(20)5;1-2/h13-15,19,21H,6-12H2,1-5H3;2H2/q;+1. The number of rotatable bonds is 7. The molecule has 28 heavy (non-hydrogen) atoms. The second-order valence-corrected chi connectivity index (χ2v) is 8.36. The third kappa shape index (κ3) is 6.81. The topological polar surface area (TPSA) is 60.4 Å². The summed E-state index contributed by atoms with van der Waals surface area (Å²) in [5, 5.41) is 0. The molecule has 1 fully saturated rings. The van der Waals surface area contributed by atoms with Crippen molar-refractivity contribution >= 4 is 20.9 Å². The van der Waals surface area contributed by atoms with E-state index < -0.39 is 5.92 Å². The number of Topliss-reactive ketones (excluding diaryl/α,β-unsaturated/α-hetero) is 1. The van der Waals surface area contributed by atoms with Crippen LogP contribution in [0.15, 0.2) is 12.1 Å². The summed E-state index contributed by atoms with van der Waals surface area (Å²) in [5.41, 5.74) is 3.78. The van der Waals surface area contributed by atoms with Crippen molar-refractivity contribution in [2.45, 2.75) is 73.1 Å².